The minimum absolute atomic E-state index is 0. The van der Waals surface area contributed by atoms with Crippen LogP contribution >= 0.6 is 0 Å². The van der Waals surface area contributed by atoms with Crippen molar-refractivity contribution in [1.29, 1.82) is 0 Å². The third-order valence-corrected chi connectivity index (χ3v) is 0.464. The zero-order valence-electron chi connectivity index (χ0n) is 6.48. The largest absolute Gasteiger partial charge is 2.00 e. The fraction of sp³-hybridized carbons (Fsp3) is 0.750. The Morgan fingerprint density at radius 2 is 2.29 bits per heavy atom. The Bertz CT molecular complexity index is 60.5. The van der Waals surface area contributed by atoms with Crippen LogP contribution in [-0.2, 0) is 4.79 Å². The van der Waals surface area contributed by atoms with Crippen LogP contribution in [0.4, 0.5) is 0 Å². The molecule has 0 rings (SSSR count). The van der Waals surface area contributed by atoms with Gasteiger partial charge in [0.05, 0.1) is 0 Å². The van der Waals surface area contributed by atoms with Crippen molar-refractivity contribution in [2.45, 2.75) is 13.3 Å². The van der Waals surface area contributed by atoms with Crippen molar-refractivity contribution in [2.75, 3.05) is 6.61 Å². The monoisotopic (exact) mass is 228 g/mol. The van der Waals surface area contributed by atoms with Crippen LogP contribution in [0.15, 0.2) is 0 Å². The molecule has 0 aromatic heterocycles. The summed E-state index contributed by atoms with van der Waals surface area (Å²) in [5.41, 5.74) is 0. The molecule has 40 valence electrons. The zero-order chi connectivity index (χ0) is 4.99. The van der Waals surface area contributed by atoms with Crippen LogP contribution in [0.2, 0.25) is 0 Å². The Kier molecular flexibility index (Phi) is 11.4. The molecule has 1 N–H and O–H groups in total. The Hall–Kier alpha value is 1.20. The van der Waals surface area contributed by atoms with Gasteiger partial charge in [-0.2, -0.15) is 0 Å². The first-order chi connectivity index (χ1) is 2.77. The minimum Gasteiger partial charge on any atom is -1.00 e. The molecule has 0 aliphatic heterocycles. The van der Waals surface area contributed by atoms with Gasteiger partial charge in [-0.25, -0.2) is 0 Å². The van der Waals surface area contributed by atoms with Gasteiger partial charge in [0, 0.05) is 13.0 Å². The summed E-state index contributed by atoms with van der Waals surface area (Å²) < 4.78 is 0. The summed E-state index contributed by atoms with van der Waals surface area (Å²) >= 11 is 0. The molecule has 0 unspecified atom stereocenters. The van der Waals surface area contributed by atoms with Crippen molar-refractivity contribution >= 4 is 54.7 Å². The second-order valence-corrected chi connectivity index (χ2v) is 1.18. The van der Waals surface area contributed by atoms with Gasteiger partial charge in [-0.15, -0.1) is 0 Å². The summed E-state index contributed by atoms with van der Waals surface area (Å²) in [6, 6.07) is 0. The van der Waals surface area contributed by atoms with Gasteiger partial charge in [-0.3, -0.25) is 4.79 Å². The second kappa shape index (κ2) is 7.20. The van der Waals surface area contributed by atoms with Gasteiger partial charge >= 0.3 is 48.9 Å². The first-order valence-electron chi connectivity index (χ1n) is 1.87. The van der Waals surface area contributed by atoms with Crippen molar-refractivity contribution in [1.82, 2.24) is 0 Å². The van der Waals surface area contributed by atoms with Crippen LogP contribution in [0.5, 0.6) is 0 Å². The van der Waals surface area contributed by atoms with E-state index >= 15 is 0 Å². The maximum absolute atomic E-state index is 9.88. The molecule has 7 heavy (non-hydrogen) atoms. The molecule has 0 bridgehead atoms. The number of ketones is 1. The number of aliphatic hydroxyl groups is 1. The first-order valence-corrected chi connectivity index (χ1v) is 1.87. The molecule has 0 aromatic rings. The predicted molar refractivity (Wildman–Crippen MR) is 30.4 cm³/mol. The molecule has 0 aliphatic rings. The van der Waals surface area contributed by atoms with Crippen LogP contribution in [0, 0.1) is 0 Å². The molecule has 0 aromatic carbocycles. The summed E-state index contributed by atoms with van der Waals surface area (Å²) in [6.45, 7) is 1.44. The van der Waals surface area contributed by atoms with Gasteiger partial charge in [0.2, 0.25) is 0 Å². The average molecular weight is 227 g/mol. The van der Waals surface area contributed by atoms with E-state index in [-0.39, 0.29) is 64.1 Å². The molecule has 0 radical (unpaired) electrons. The van der Waals surface area contributed by atoms with Crippen LogP contribution in [0.3, 0.4) is 0 Å². The standard InChI is InChI=1S/C4H8O2.Ba.2H/c1-4(6)2-3-5;;;/h5H,2-3H2,1H3;;;/q;+2;2*-1. The fourth-order valence-corrected chi connectivity index (χ4v) is 0.157. The van der Waals surface area contributed by atoms with Crippen molar-refractivity contribution < 1.29 is 12.8 Å². The quantitative estimate of drug-likeness (QED) is 0.664. The van der Waals surface area contributed by atoms with Crippen molar-refractivity contribution in [3.8, 4) is 0 Å². The number of carbonyl (C=O) groups is 1. The molecule has 0 spiro atoms. The van der Waals surface area contributed by atoms with Gasteiger partial charge in [0.1, 0.15) is 5.78 Å². The Morgan fingerprint density at radius 1 is 1.86 bits per heavy atom. The van der Waals surface area contributed by atoms with E-state index in [4.69, 9.17) is 5.11 Å². The van der Waals surface area contributed by atoms with Crippen LogP contribution in [0.1, 0.15) is 16.2 Å². The zero-order valence-corrected chi connectivity index (χ0v) is 8.92. The van der Waals surface area contributed by atoms with E-state index in [2.05, 4.69) is 0 Å². The van der Waals surface area contributed by atoms with E-state index in [1.54, 1.807) is 0 Å². The van der Waals surface area contributed by atoms with Gasteiger partial charge in [-0.1, -0.05) is 0 Å². The Balaban J connectivity index is -0.0000000417. The molecule has 3 heteroatoms. The maximum Gasteiger partial charge on any atom is 2.00 e. The Morgan fingerprint density at radius 3 is 2.29 bits per heavy atom. The third-order valence-electron chi connectivity index (χ3n) is 0.464. The van der Waals surface area contributed by atoms with Gasteiger partial charge in [-0.05, 0) is 6.92 Å². The topological polar surface area (TPSA) is 37.3 Å². The van der Waals surface area contributed by atoms with E-state index in [1.165, 1.54) is 6.92 Å². The van der Waals surface area contributed by atoms with E-state index in [0.29, 0.717) is 6.42 Å². The molecule has 0 heterocycles. The SMILES string of the molecule is CC(=O)CCO.[Ba+2].[H-].[H-]. The normalized spacial score (nSPS) is 7.14. The molecular formula is C4H10BaO2. The van der Waals surface area contributed by atoms with Crippen molar-refractivity contribution in [2.24, 2.45) is 0 Å². The fourth-order valence-electron chi connectivity index (χ4n) is 0.157. The predicted octanol–water partition coefficient (Wildman–Crippen LogP) is -0.198. The number of hydrogen-bond acceptors (Lipinski definition) is 2. The summed E-state index contributed by atoms with van der Waals surface area (Å²) in [7, 11) is 0. The maximum atomic E-state index is 9.88. The van der Waals surface area contributed by atoms with Crippen LogP contribution in [0.25, 0.3) is 0 Å². The molecule has 2 nitrogen and oxygen atoms in total. The van der Waals surface area contributed by atoms with Gasteiger partial charge < -0.3 is 7.96 Å². The van der Waals surface area contributed by atoms with E-state index in [1.807, 2.05) is 0 Å². The smallest absolute Gasteiger partial charge is 1.00 e. The van der Waals surface area contributed by atoms with Crippen molar-refractivity contribution in [3.63, 3.8) is 0 Å². The number of rotatable bonds is 2. The van der Waals surface area contributed by atoms with E-state index in [0.717, 1.165) is 0 Å². The summed E-state index contributed by atoms with van der Waals surface area (Å²) in [5.74, 6) is 0.0394. The molecule has 0 fully saturated rings. The minimum atomic E-state index is -0.0185. The molecule has 0 aliphatic carbocycles. The number of Topliss-reactive ketones (excluding diaryl/α,β-unsaturated/α-hetero) is 1. The second-order valence-electron chi connectivity index (χ2n) is 1.18. The molecule has 0 atom stereocenters. The summed E-state index contributed by atoms with van der Waals surface area (Å²) in [4.78, 5) is 9.88. The molecule has 0 saturated carbocycles. The number of hydrogen-bond donors (Lipinski definition) is 1. The molecule has 0 saturated heterocycles. The van der Waals surface area contributed by atoms with Gasteiger partial charge in [0.15, 0.2) is 0 Å². The van der Waals surface area contributed by atoms with Crippen LogP contribution < -0.4 is 0 Å². The average Bonchev–Trinajstić information content (AvgIpc) is 1.35. The Labute approximate surface area is 86.3 Å². The summed E-state index contributed by atoms with van der Waals surface area (Å²) in [5, 5.41) is 8.02. The van der Waals surface area contributed by atoms with E-state index < -0.39 is 0 Å². The van der Waals surface area contributed by atoms with Crippen LogP contribution in [-0.4, -0.2) is 66.4 Å². The third kappa shape index (κ3) is 11.0. The molecule has 0 amide bonds. The van der Waals surface area contributed by atoms with Crippen molar-refractivity contribution in [3.05, 3.63) is 0 Å². The number of carbonyl (C=O) groups excluding carboxylic acids is 1. The number of aliphatic hydroxyl groups excluding tert-OH is 1. The first kappa shape index (κ1) is 11.1. The molecular weight excluding hydrogens is 217 g/mol. The van der Waals surface area contributed by atoms with E-state index in [9.17, 15) is 4.79 Å². The summed E-state index contributed by atoms with van der Waals surface area (Å²) in [6.07, 6.45) is 0.292. The van der Waals surface area contributed by atoms with Gasteiger partial charge in [0.25, 0.3) is 0 Å².